The zero-order valence-electron chi connectivity index (χ0n) is 48.2. The lowest BCUT2D eigenvalue weighted by Crippen LogP contribution is -2.64. The number of hydrogen-bond donors (Lipinski definition) is 3. The number of esters is 1. The molecule has 15 nitrogen and oxygen atoms in total. The maximum absolute atomic E-state index is 15.1. The van der Waals surface area contributed by atoms with Gasteiger partial charge in [0, 0.05) is 52.0 Å². The normalized spacial score (nSPS) is 36.1. The zero-order valence-corrected chi connectivity index (χ0v) is 50.2. The molecule has 3 fully saturated rings. The number of methoxy groups -OCH3 is 3. The van der Waals surface area contributed by atoms with E-state index in [-0.39, 0.29) is 72.1 Å². The van der Waals surface area contributed by atoms with Crippen LogP contribution in [0.2, 0.25) is 36.3 Å². The highest BCUT2D eigenvalue weighted by molar-refractivity contribution is 6.74. The predicted octanol–water partition coefficient (Wildman–Crippen LogP) is 8.87. The molecule has 15 atom stereocenters. The number of Topliss-reactive ketones (excluding diaryl/α,β-unsaturated/α-hetero) is 2. The summed E-state index contributed by atoms with van der Waals surface area (Å²) in [6.07, 6.45) is 3.38. The van der Waals surface area contributed by atoms with Crippen LogP contribution in [0.3, 0.4) is 0 Å². The van der Waals surface area contributed by atoms with Crippen molar-refractivity contribution in [3.63, 3.8) is 0 Å². The fourth-order valence-corrected chi connectivity index (χ4v) is 13.8. The van der Waals surface area contributed by atoms with Crippen molar-refractivity contribution in [3.8, 4) is 0 Å². The van der Waals surface area contributed by atoms with Gasteiger partial charge in [0.1, 0.15) is 24.0 Å². The van der Waals surface area contributed by atoms with Gasteiger partial charge in [-0.2, -0.15) is 0 Å². The van der Waals surface area contributed by atoms with Crippen LogP contribution in [-0.2, 0) is 51.7 Å². The summed E-state index contributed by atoms with van der Waals surface area (Å²) in [5, 5.41) is 33.1. The first kappa shape index (κ1) is 63.4. The van der Waals surface area contributed by atoms with Crippen LogP contribution in [0.4, 0.5) is 0 Å². The monoisotopic (exact) mass is 1070 g/mol. The molecule has 15 unspecified atom stereocenters. The van der Waals surface area contributed by atoms with Crippen molar-refractivity contribution in [1.82, 2.24) is 4.90 Å². The molecule has 0 aromatic rings. The summed E-state index contributed by atoms with van der Waals surface area (Å²) in [5.41, 5.74) is 1.64. The minimum atomic E-state index is -2.65. The van der Waals surface area contributed by atoms with Crippen molar-refractivity contribution in [2.24, 2.45) is 29.6 Å². The highest BCUT2D eigenvalue weighted by Gasteiger charge is 2.57. The van der Waals surface area contributed by atoms with Gasteiger partial charge in [-0.15, -0.1) is 0 Å². The highest BCUT2D eigenvalue weighted by atomic mass is 28.4. The summed E-state index contributed by atoms with van der Waals surface area (Å²) >= 11 is 0. The molecule has 3 N–H and O–H groups in total. The molecule has 0 radical (unpaired) electrons. The number of cyclic esters (lactones) is 1. The quantitative estimate of drug-likeness (QED) is 0.0725. The molecule has 1 amide bonds. The first-order chi connectivity index (χ1) is 33.7. The van der Waals surface area contributed by atoms with Gasteiger partial charge in [0.2, 0.25) is 5.79 Å². The molecule has 0 spiro atoms. The number of allylic oxidation sites excluding steroid dienone is 3. The first-order valence-electron chi connectivity index (χ1n) is 27.3. The molecule has 1 saturated carbocycles. The Kier molecular flexibility index (Phi) is 22.6. The van der Waals surface area contributed by atoms with Crippen molar-refractivity contribution >= 4 is 40.1 Å². The summed E-state index contributed by atoms with van der Waals surface area (Å²) in [6.45, 7) is 30.9. The number of fused-ring (bicyclic) bond motifs is 3. The number of nitrogens with zero attached hydrogens (tertiary/aromatic N) is 1. The maximum atomic E-state index is 15.1. The van der Waals surface area contributed by atoms with Gasteiger partial charge in [-0.25, -0.2) is 4.79 Å². The second kappa shape index (κ2) is 26.0. The third kappa shape index (κ3) is 15.8. The Balaban J connectivity index is 1.91. The molecule has 420 valence electrons. The Hall–Kier alpha value is -2.17. The summed E-state index contributed by atoms with van der Waals surface area (Å²) in [7, 11) is 0.00811. The Labute approximate surface area is 441 Å². The molecule has 73 heavy (non-hydrogen) atoms. The van der Waals surface area contributed by atoms with Crippen LogP contribution < -0.4 is 0 Å². The molecule has 3 aliphatic heterocycles. The van der Waals surface area contributed by atoms with Crippen molar-refractivity contribution < 1.29 is 67.0 Å². The second-order valence-corrected chi connectivity index (χ2v) is 35.0. The van der Waals surface area contributed by atoms with Gasteiger partial charge in [0.05, 0.1) is 43.2 Å². The van der Waals surface area contributed by atoms with Crippen LogP contribution in [0.15, 0.2) is 23.3 Å². The number of carbonyl (C=O) groups is 4. The lowest BCUT2D eigenvalue weighted by Gasteiger charge is -2.47. The van der Waals surface area contributed by atoms with E-state index >= 15 is 9.59 Å². The van der Waals surface area contributed by atoms with Gasteiger partial charge in [-0.05, 0) is 132 Å². The van der Waals surface area contributed by atoms with Gasteiger partial charge in [-0.3, -0.25) is 14.4 Å². The number of piperidine rings is 1. The van der Waals surface area contributed by atoms with Crippen LogP contribution in [-0.4, -0.2) is 155 Å². The third-order valence-electron chi connectivity index (χ3n) is 17.6. The third-order valence-corrected chi connectivity index (χ3v) is 26.6. The van der Waals surface area contributed by atoms with Crippen LogP contribution in [0, 0.1) is 29.6 Å². The number of rotatable bonds is 12. The minimum Gasteiger partial charge on any atom is -0.456 e. The Morgan fingerprint density at radius 1 is 0.822 bits per heavy atom. The summed E-state index contributed by atoms with van der Waals surface area (Å²) in [5.74, 6) is -7.90. The topological polar surface area (TPSA) is 197 Å². The molecule has 17 heteroatoms. The minimum absolute atomic E-state index is 0.00939. The molecule has 3 heterocycles. The van der Waals surface area contributed by atoms with Gasteiger partial charge in [0.25, 0.3) is 11.7 Å². The second-order valence-electron chi connectivity index (χ2n) is 25.5. The molecule has 2 bridgehead atoms. The SMILES string of the molecule is COC1CC(/C=C(\C)C2OC(=O)C3CCCCN3C(=O)C(=O)C3(O)OC(C(OC)CC(C)C/C(C)=C\C(CC(O)CO)C(=O)CC(O[Si](C)(C)C(C)(C)C)C2C)C(OC)CC3C)CCC1O[Si](C)(C)C(C)(C)C. The molecular formula is C56H99NO14Si2. The van der Waals surface area contributed by atoms with E-state index in [2.05, 4.69) is 73.8 Å². The van der Waals surface area contributed by atoms with Crippen LogP contribution in [0.5, 0.6) is 0 Å². The summed E-state index contributed by atoms with van der Waals surface area (Å²) < 4.78 is 45.3. The number of amides is 1. The zero-order chi connectivity index (χ0) is 55.2. The predicted molar refractivity (Wildman–Crippen MR) is 288 cm³/mol. The lowest BCUT2D eigenvalue weighted by atomic mass is 9.81. The van der Waals surface area contributed by atoms with Gasteiger partial charge in [0.15, 0.2) is 16.6 Å². The average Bonchev–Trinajstić information content (AvgIpc) is 3.31. The van der Waals surface area contributed by atoms with Crippen LogP contribution in [0.1, 0.15) is 147 Å². The molecular weight excluding hydrogens is 967 g/mol. The summed E-state index contributed by atoms with van der Waals surface area (Å²) in [4.78, 5) is 60.6. The van der Waals surface area contributed by atoms with E-state index < -0.39 is 107 Å². The molecule has 2 saturated heterocycles. The maximum Gasteiger partial charge on any atom is 0.329 e. The van der Waals surface area contributed by atoms with E-state index in [1.807, 2.05) is 33.8 Å². The average molecular weight is 1070 g/mol. The van der Waals surface area contributed by atoms with E-state index in [4.69, 9.17) is 32.5 Å². The van der Waals surface area contributed by atoms with Gasteiger partial charge in [-0.1, -0.05) is 80.0 Å². The summed E-state index contributed by atoms with van der Waals surface area (Å²) in [6, 6.07) is -1.15. The van der Waals surface area contributed by atoms with Gasteiger partial charge < -0.3 is 52.8 Å². The Morgan fingerprint density at radius 3 is 1.96 bits per heavy atom. The number of hydrogen-bond acceptors (Lipinski definition) is 14. The van der Waals surface area contributed by atoms with E-state index in [0.717, 1.165) is 24.0 Å². The van der Waals surface area contributed by atoms with Gasteiger partial charge >= 0.3 is 5.97 Å². The van der Waals surface area contributed by atoms with Crippen molar-refractivity contribution in [1.29, 1.82) is 0 Å². The molecule has 4 rings (SSSR count). The van der Waals surface area contributed by atoms with Crippen LogP contribution in [0.25, 0.3) is 0 Å². The highest BCUT2D eigenvalue weighted by Crippen LogP contribution is 2.44. The Morgan fingerprint density at radius 2 is 1.40 bits per heavy atom. The smallest absolute Gasteiger partial charge is 0.329 e. The number of carbonyl (C=O) groups excluding carboxylic acids is 4. The van der Waals surface area contributed by atoms with Crippen molar-refractivity contribution in [2.45, 2.75) is 244 Å². The number of aliphatic hydroxyl groups is 3. The fraction of sp³-hybridized carbons (Fsp3) is 0.857. The number of ketones is 2. The molecule has 0 aromatic carbocycles. The van der Waals surface area contributed by atoms with E-state index in [1.165, 1.54) is 19.1 Å². The number of ether oxygens (including phenoxy) is 5. The van der Waals surface area contributed by atoms with E-state index in [9.17, 15) is 24.9 Å². The van der Waals surface area contributed by atoms with Crippen molar-refractivity contribution in [3.05, 3.63) is 23.3 Å². The first-order valence-corrected chi connectivity index (χ1v) is 33.1. The van der Waals surface area contributed by atoms with Crippen LogP contribution >= 0.6 is 0 Å². The van der Waals surface area contributed by atoms with Crippen molar-refractivity contribution in [2.75, 3.05) is 34.5 Å². The Bertz CT molecular complexity index is 1930. The molecule has 0 aromatic heterocycles. The molecule has 1 aliphatic carbocycles. The molecule has 4 aliphatic rings. The number of aliphatic hydroxyl groups excluding tert-OH is 2. The van der Waals surface area contributed by atoms with E-state index in [1.54, 1.807) is 14.0 Å². The fourth-order valence-electron chi connectivity index (χ4n) is 11.0. The van der Waals surface area contributed by atoms with E-state index in [0.29, 0.717) is 32.1 Å². The largest absolute Gasteiger partial charge is 0.456 e. The standard InChI is InChI=1S/C56H99NO14Si2/c1-34-25-35(2)27-47(66-13)50-48(67-14)29-37(4)56(64,69-50)51(61)52(62)57-24-20-19-21-42(57)53(63)68-49(36(3)28-39-22-23-44(46(30-39)65-12)70-72(15,16)54(6,7)8)38(5)45(71-73(17,18)55(9,10)11)32-43(60)40(26-34)31-41(59)33-58/h26,28,35,37-42,44-50,58-59,64H,19-25,27,29-33H2,1-18H3/b34-26-,36-28+. The lowest BCUT2D eigenvalue weighted by molar-refractivity contribution is -0.302.